The second-order valence-corrected chi connectivity index (χ2v) is 4.22. The summed E-state index contributed by atoms with van der Waals surface area (Å²) in [4.78, 5) is 0. The van der Waals surface area contributed by atoms with Crippen molar-refractivity contribution < 1.29 is 0 Å². The summed E-state index contributed by atoms with van der Waals surface area (Å²) in [7, 11) is 0. The topological polar surface area (TPSA) is 61.7 Å². The number of nitrogens with two attached hydrogens (primary N) is 1. The highest BCUT2D eigenvalue weighted by molar-refractivity contribution is 6.31. The normalized spacial score (nSPS) is 11.1. The minimum absolute atomic E-state index is 0.469. The van der Waals surface area contributed by atoms with Gasteiger partial charge in [0.1, 0.15) is 0 Å². The van der Waals surface area contributed by atoms with Crippen LogP contribution in [0.25, 0.3) is 0 Å². The third-order valence-electron chi connectivity index (χ3n) is 2.77. The van der Waals surface area contributed by atoms with Crippen molar-refractivity contribution in [3.8, 4) is 0 Å². The van der Waals surface area contributed by atoms with Gasteiger partial charge in [0.15, 0.2) is 0 Å². The van der Waals surface area contributed by atoms with Crippen molar-refractivity contribution >= 4 is 11.6 Å². The molecule has 0 aliphatic rings. The maximum absolute atomic E-state index is 6.25. The first kappa shape index (κ1) is 12.1. The second-order valence-electron chi connectivity index (χ2n) is 3.85. The molecule has 0 radical (unpaired) electrons. The van der Waals surface area contributed by atoms with Crippen molar-refractivity contribution in [3.63, 3.8) is 0 Å². The van der Waals surface area contributed by atoms with E-state index in [0.717, 1.165) is 23.6 Å². The molecule has 2 N–H and O–H groups in total. The minimum atomic E-state index is 0.469. The molecule has 0 amide bonds. The number of aryl methyl sites for hydroxylation is 2. The lowest BCUT2D eigenvalue weighted by molar-refractivity contribution is 0.563. The van der Waals surface area contributed by atoms with Gasteiger partial charge in [-0.05, 0) is 19.9 Å². The predicted octanol–water partition coefficient (Wildman–Crippen LogP) is 1.57. The molecule has 92 valence electrons. The quantitative estimate of drug-likeness (QED) is 0.900. The zero-order valence-electron chi connectivity index (χ0n) is 10.0. The zero-order valence-corrected chi connectivity index (χ0v) is 10.8. The Hall–Kier alpha value is -1.33. The van der Waals surface area contributed by atoms with Gasteiger partial charge in [-0.3, -0.25) is 9.36 Å². The number of rotatable bonds is 4. The van der Waals surface area contributed by atoms with Gasteiger partial charge < -0.3 is 5.73 Å². The molecule has 6 heteroatoms. The van der Waals surface area contributed by atoms with Crippen molar-refractivity contribution in [1.29, 1.82) is 0 Å². The van der Waals surface area contributed by atoms with Gasteiger partial charge in [0.2, 0.25) is 0 Å². The largest absolute Gasteiger partial charge is 0.325 e. The van der Waals surface area contributed by atoms with E-state index in [1.54, 1.807) is 6.20 Å². The van der Waals surface area contributed by atoms with E-state index < -0.39 is 0 Å². The summed E-state index contributed by atoms with van der Waals surface area (Å²) in [5, 5.41) is 9.34. The minimum Gasteiger partial charge on any atom is -0.325 e. The van der Waals surface area contributed by atoms with E-state index in [1.165, 1.54) is 0 Å². The monoisotopic (exact) mass is 253 g/mol. The third-order valence-corrected chi connectivity index (χ3v) is 3.26. The van der Waals surface area contributed by atoms with Crippen molar-refractivity contribution in [2.45, 2.75) is 33.5 Å². The lowest BCUT2D eigenvalue weighted by atomic mass is 10.3. The molecule has 5 nitrogen and oxygen atoms in total. The van der Waals surface area contributed by atoms with E-state index in [1.807, 2.05) is 29.3 Å². The van der Waals surface area contributed by atoms with Crippen LogP contribution >= 0.6 is 11.6 Å². The number of halogens is 1. The molecular weight excluding hydrogens is 238 g/mol. The van der Waals surface area contributed by atoms with E-state index >= 15 is 0 Å². The first-order valence-corrected chi connectivity index (χ1v) is 5.97. The van der Waals surface area contributed by atoms with Crippen molar-refractivity contribution in [2.75, 3.05) is 0 Å². The highest BCUT2D eigenvalue weighted by Crippen LogP contribution is 2.21. The van der Waals surface area contributed by atoms with Crippen molar-refractivity contribution in [2.24, 2.45) is 5.73 Å². The van der Waals surface area contributed by atoms with Crippen LogP contribution in [0.5, 0.6) is 0 Å². The number of hydrogen-bond acceptors (Lipinski definition) is 3. The molecule has 0 aromatic carbocycles. The molecule has 0 aliphatic heterocycles. The van der Waals surface area contributed by atoms with Gasteiger partial charge in [0.05, 0.1) is 28.6 Å². The highest BCUT2D eigenvalue weighted by Gasteiger charge is 2.14. The molecule has 0 bridgehead atoms. The summed E-state index contributed by atoms with van der Waals surface area (Å²) in [6.07, 6.45) is 1.75. The Balaban J connectivity index is 2.35. The third kappa shape index (κ3) is 2.21. The number of aromatic nitrogens is 4. The van der Waals surface area contributed by atoms with Crippen molar-refractivity contribution in [3.05, 3.63) is 34.4 Å². The van der Waals surface area contributed by atoms with Crippen LogP contribution in [-0.4, -0.2) is 19.6 Å². The molecule has 0 aliphatic carbocycles. The van der Waals surface area contributed by atoms with Crippen LogP contribution in [0.1, 0.15) is 24.0 Å². The van der Waals surface area contributed by atoms with Gasteiger partial charge in [-0.2, -0.15) is 10.2 Å². The van der Waals surface area contributed by atoms with Crippen LogP contribution in [0, 0.1) is 6.92 Å². The second kappa shape index (κ2) is 4.89. The molecule has 2 aromatic heterocycles. The van der Waals surface area contributed by atoms with Gasteiger partial charge in [-0.15, -0.1) is 0 Å². The van der Waals surface area contributed by atoms with Crippen LogP contribution in [-0.2, 0) is 19.6 Å². The molecule has 2 rings (SSSR count). The highest BCUT2D eigenvalue weighted by atomic mass is 35.5. The summed E-state index contributed by atoms with van der Waals surface area (Å²) < 4.78 is 3.76. The van der Waals surface area contributed by atoms with E-state index in [2.05, 4.69) is 10.2 Å². The Bertz CT molecular complexity index is 514. The Morgan fingerprint density at radius 1 is 1.41 bits per heavy atom. The zero-order chi connectivity index (χ0) is 12.4. The maximum atomic E-state index is 6.25. The summed E-state index contributed by atoms with van der Waals surface area (Å²) in [6.45, 7) is 5.82. The maximum Gasteiger partial charge on any atom is 0.0866 e. The SMILES string of the molecule is CCn1nc(C)c(Cl)c1Cn1nccc1CN. The Morgan fingerprint density at radius 2 is 2.18 bits per heavy atom. The van der Waals surface area contributed by atoms with Gasteiger partial charge in [-0.1, -0.05) is 11.6 Å². The van der Waals surface area contributed by atoms with E-state index in [0.29, 0.717) is 18.1 Å². The smallest absolute Gasteiger partial charge is 0.0866 e. The molecule has 2 aromatic rings. The molecule has 2 heterocycles. The molecule has 17 heavy (non-hydrogen) atoms. The van der Waals surface area contributed by atoms with Crippen LogP contribution in [0.3, 0.4) is 0 Å². The van der Waals surface area contributed by atoms with Gasteiger partial charge in [0, 0.05) is 19.3 Å². The lowest BCUT2D eigenvalue weighted by Gasteiger charge is -2.08. The van der Waals surface area contributed by atoms with Crippen LogP contribution in [0.15, 0.2) is 12.3 Å². The Morgan fingerprint density at radius 3 is 2.82 bits per heavy atom. The molecule has 0 saturated carbocycles. The van der Waals surface area contributed by atoms with Gasteiger partial charge >= 0.3 is 0 Å². The molecule has 0 fully saturated rings. The standard InChI is InChI=1S/C11H16ClN5/c1-3-16-10(11(12)8(2)15-16)7-17-9(6-13)4-5-14-17/h4-5H,3,6-7,13H2,1-2H3. The Labute approximate surface area is 105 Å². The summed E-state index contributed by atoms with van der Waals surface area (Å²) >= 11 is 6.25. The molecule has 0 spiro atoms. The van der Waals surface area contributed by atoms with Crippen molar-refractivity contribution in [1.82, 2.24) is 19.6 Å². The van der Waals surface area contributed by atoms with Gasteiger partial charge in [0.25, 0.3) is 0 Å². The summed E-state index contributed by atoms with van der Waals surface area (Å²) in [6, 6.07) is 1.91. The number of hydrogen-bond donors (Lipinski definition) is 1. The fourth-order valence-electron chi connectivity index (χ4n) is 1.84. The number of nitrogens with zero attached hydrogens (tertiary/aromatic N) is 4. The Kier molecular flexibility index (Phi) is 3.49. The average molecular weight is 254 g/mol. The van der Waals surface area contributed by atoms with E-state index in [9.17, 15) is 0 Å². The molecular formula is C11H16ClN5. The molecule has 0 unspecified atom stereocenters. The van der Waals surface area contributed by atoms with Crippen LogP contribution in [0.2, 0.25) is 5.02 Å². The average Bonchev–Trinajstić information content (AvgIpc) is 2.88. The molecule has 0 saturated heterocycles. The fourth-order valence-corrected chi connectivity index (χ4v) is 2.03. The van der Waals surface area contributed by atoms with Crippen LogP contribution in [0.4, 0.5) is 0 Å². The first-order valence-electron chi connectivity index (χ1n) is 5.59. The van der Waals surface area contributed by atoms with E-state index in [-0.39, 0.29) is 0 Å². The predicted molar refractivity (Wildman–Crippen MR) is 66.9 cm³/mol. The lowest BCUT2D eigenvalue weighted by Crippen LogP contribution is -2.13. The fraction of sp³-hybridized carbons (Fsp3) is 0.455. The molecule has 0 atom stereocenters. The first-order chi connectivity index (χ1) is 8.17. The van der Waals surface area contributed by atoms with Crippen LogP contribution < -0.4 is 5.73 Å². The summed E-state index contributed by atoms with van der Waals surface area (Å²) in [5.41, 5.74) is 8.46. The van der Waals surface area contributed by atoms with E-state index in [4.69, 9.17) is 17.3 Å². The summed E-state index contributed by atoms with van der Waals surface area (Å²) in [5.74, 6) is 0. The van der Waals surface area contributed by atoms with Gasteiger partial charge in [-0.25, -0.2) is 0 Å².